The van der Waals surface area contributed by atoms with Crippen LogP contribution < -0.4 is 0 Å². The van der Waals surface area contributed by atoms with Gasteiger partial charge in [0.2, 0.25) is 0 Å². The van der Waals surface area contributed by atoms with Crippen LogP contribution in [0.3, 0.4) is 0 Å². The van der Waals surface area contributed by atoms with Crippen LogP contribution in [0.5, 0.6) is 0 Å². The second-order valence-electron chi connectivity index (χ2n) is 4.64. The maximum atomic E-state index is 12.6. The molecule has 1 amide bonds. The first-order valence-electron chi connectivity index (χ1n) is 6.24. The van der Waals surface area contributed by atoms with Gasteiger partial charge in [-0.05, 0) is 12.5 Å². The summed E-state index contributed by atoms with van der Waals surface area (Å²) in [5.41, 5.74) is 0.964. The fourth-order valence-electron chi connectivity index (χ4n) is 2.16. The summed E-state index contributed by atoms with van der Waals surface area (Å²) in [4.78, 5) is 24.5. The van der Waals surface area contributed by atoms with Crippen molar-refractivity contribution >= 4 is 23.2 Å². The van der Waals surface area contributed by atoms with Crippen LogP contribution in [0.25, 0.3) is 0 Å². The third-order valence-corrected chi connectivity index (χ3v) is 3.69. The number of carbonyl (C=O) groups is 1. The van der Waals surface area contributed by atoms with Crippen molar-refractivity contribution in [1.29, 1.82) is 0 Å². The van der Waals surface area contributed by atoms with Gasteiger partial charge in [-0.2, -0.15) is 0 Å². The Morgan fingerprint density at radius 1 is 1.60 bits per heavy atom. The van der Waals surface area contributed by atoms with E-state index in [1.165, 1.54) is 12.1 Å². The number of aryl methyl sites for hydroxylation is 1. The van der Waals surface area contributed by atoms with Crippen LogP contribution in [0.1, 0.15) is 15.9 Å². The van der Waals surface area contributed by atoms with E-state index in [0.717, 1.165) is 0 Å². The highest BCUT2D eigenvalue weighted by Crippen LogP contribution is 2.21. The number of nitro groups is 1. The normalized spacial score (nSPS) is 18.9. The van der Waals surface area contributed by atoms with E-state index in [1.807, 2.05) is 0 Å². The highest BCUT2D eigenvalue weighted by atomic mass is 35.5. The van der Waals surface area contributed by atoms with E-state index in [1.54, 1.807) is 17.9 Å². The Balaban J connectivity index is 2.32. The maximum absolute atomic E-state index is 12.6. The molecule has 0 spiro atoms. The Labute approximate surface area is 121 Å². The van der Waals surface area contributed by atoms with Crippen molar-refractivity contribution in [1.82, 2.24) is 4.90 Å². The molecule has 0 saturated carbocycles. The van der Waals surface area contributed by atoms with E-state index >= 15 is 0 Å². The molecule has 1 atom stereocenters. The Hall–Kier alpha value is -1.66. The average Bonchev–Trinajstić information content (AvgIpc) is 2.46. The number of hydrogen-bond donors (Lipinski definition) is 0. The standard InChI is InChI=1S/C13H15ClN2O4/c1-9-2-3-10(16(18)19)6-12(9)13(17)15-4-5-20-8-11(15)7-14/h2-3,6,11H,4-5,7-8H2,1H3. The van der Waals surface area contributed by atoms with Crippen LogP contribution in [0, 0.1) is 17.0 Å². The van der Waals surface area contributed by atoms with E-state index in [4.69, 9.17) is 16.3 Å². The van der Waals surface area contributed by atoms with Gasteiger partial charge in [-0.25, -0.2) is 0 Å². The molecular formula is C13H15ClN2O4. The summed E-state index contributed by atoms with van der Waals surface area (Å²) in [6, 6.07) is 4.10. The minimum absolute atomic E-state index is 0.0883. The Morgan fingerprint density at radius 2 is 2.35 bits per heavy atom. The van der Waals surface area contributed by atoms with Crippen LogP contribution >= 0.6 is 11.6 Å². The number of benzene rings is 1. The largest absolute Gasteiger partial charge is 0.377 e. The molecule has 1 fully saturated rings. The molecule has 1 aliphatic rings. The molecule has 1 aliphatic heterocycles. The molecule has 0 radical (unpaired) electrons. The third-order valence-electron chi connectivity index (χ3n) is 3.33. The maximum Gasteiger partial charge on any atom is 0.270 e. The molecular weight excluding hydrogens is 284 g/mol. The summed E-state index contributed by atoms with van der Waals surface area (Å²) < 4.78 is 5.29. The highest BCUT2D eigenvalue weighted by molar-refractivity contribution is 6.18. The molecule has 1 heterocycles. The fraction of sp³-hybridized carbons (Fsp3) is 0.462. The second kappa shape index (κ2) is 6.19. The van der Waals surface area contributed by atoms with Gasteiger partial charge in [0.25, 0.3) is 11.6 Å². The van der Waals surface area contributed by atoms with E-state index in [9.17, 15) is 14.9 Å². The summed E-state index contributed by atoms with van der Waals surface area (Å²) in [5.74, 6) is 0.0415. The molecule has 1 saturated heterocycles. The van der Waals surface area contributed by atoms with Gasteiger partial charge in [0, 0.05) is 30.1 Å². The van der Waals surface area contributed by atoms with Crippen molar-refractivity contribution < 1.29 is 14.5 Å². The molecule has 0 bridgehead atoms. The van der Waals surface area contributed by atoms with Crippen LogP contribution in [-0.4, -0.2) is 47.4 Å². The van der Waals surface area contributed by atoms with Crippen molar-refractivity contribution in [2.24, 2.45) is 0 Å². The number of amides is 1. The molecule has 0 aliphatic carbocycles. The minimum Gasteiger partial charge on any atom is -0.377 e. The van der Waals surface area contributed by atoms with E-state index in [0.29, 0.717) is 30.9 Å². The number of ether oxygens (including phenoxy) is 1. The summed E-state index contributed by atoms with van der Waals surface area (Å²) >= 11 is 5.85. The van der Waals surface area contributed by atoms with Gasteiger partial charge in [-0.3, -0.25) is 14.9 Å². The highest BCUT2D eigenvalue weighted by Gasteiger charge is 2.29. The number of nitro benzene ring substituents is 1. The van der Waals surface area contributed by atoms with Crippen LogP contribution in [-0.2, 0) is 4.74 Å². The number of rotatable bonds is 3. The molecule has 0 N–H and O–H groups in total. The van der Waals surface area contributed by atoms with Crippen LogP contribution in [0.4, 0.5) is 5.69 Å². The number of hydrogen-bond acceptors (Lipinski definition) is 4. The molecule has 1 aromatic carbocycles. The molecule has 7 heteroatoms. The number of halogens is 1. The van der Waals surface area contributed by atoms with Gasteiger partial charge >= 0.3 is 0 Å². The van der Waals surface area contributed by atoms with E-state index in [2.05, 4.69) is 0 Å². The van der Waals surface area contributed by atoms with Crippen molar-refractivity contribution in [3.05, 3.63) is 39.4 Å². The lowest BCUT2D eigenvalue weighted by molar-refractivity contribution is -0.384. The van der Waals surface area contributed by atoms with Gasteiger partial charge in [0.15, 0.2) is 0 Å². The third kappa shape index (κ3) is 2.91. The Bertz CT molecular complexity index is 535. The quantitative estimate of drug-likeness (QED) is 0.486. The second-order valence-corrected chi connectivity index (χ2v) is 4.95. The average molecular weight is 299 g/mol. The number of non-ortho nitro benzene ring substituents is 1. The van der Waals surface area contributed by atoms with Gasteiger partial charge in [0.05, 0.1) is 24.2 Å². The first-order valence-corrected chi connectivity index (χ1v) is 6.77. The topological polar surface area (TPSA) is 72.7 Å². The van der Waals surface area contributed by atoms with Crippen molar-refractivity contribution in [3.63, 3.8) is 0 Å². The predicted molar refractivity (Wildman–Crippen MR) is 74.2 cm³/mol. The lowest BCUT2D eigenvalue weighted by Crippen LogP contribution is -2.49. The SMILES string of the molecule is Cc1ccc([N+](=O)[O-])cc1C(=O)N1CCOCC1CCl. The van der Waals surface area contributed by atoms with Gasteiger partial charge < -0.3 is 9.64 Å². The zero-order chi connectivity index (χ0) is 14.7. The van der Waals surface area contributed by atoms with E-state index in [-0.39, 0.29) is 23.5 Å². The first-order chi connectivity index (χ1) is 9.54. The predicted octanol–water partition coefficient (Wildman–Crippen LogP) is 1.98. The Kier molecular flexibility index (Phi) is 4.57. The summed E-state index contributed by atoms with van der Waals surface area (Å²) in [6.07, 6.45) is 0. The van der Waals surface area contributed by atoms with Crippen molar-refractivity contribution in [2.45, 2.75) is 13.0 Å². The minimum atomic E-state index is -0.505. The van der Waals surface area contributed by atoms with Gasteiger partial charge in [0.1, 0.15) is 0 Å². The molecule has 20 heavy (non-hydrogen) atoms. The lowest BCUT2D eigenvalue weighted by Gasteiger charge is -2.34. The van der Waals surface area contributed by atoms with Gasteiger partial charge in [-0.15, -0.1) is 11.6 Å². The number of nitrogens with zero attached hydrogens (tertiary/aromatic N) is 2. The van der Waals surface area contributed by atoms with Crippen molar-refractivity contribution in [3.8, 4) is 0 Å². The van der Waals surface area contributed by atoms with Gasteiger partial charge in [-0.1, -0.05) is 6.07 Å². The number of carbonyl (C=O) groups excluding carboxylic acids is 1. The fourth-order valence-corrected chi connectivity index (χ4v) is 2.41. The van der Waals surface area contributed by atoms with Crippen LogP contribution in [0.15, 0.2) is 18.2 Å². The number of alkyl halides is 1. The first kappa shape index (κ1) is 14.7. The smallest absolute Gasteiger partial charge is 0.270 e. The summed E-state index contributed by atoms with van der Waals surface area (Å²) in [5, 5.41) is 10.8. The van der Waals surface area contributed by atoms with Crippen molar-refractivity contribution in [2.75, 3.05) is 25.6 Å². The molecule has 108 valence electrons. The summed E-state index contributed by atoms with van der Waals surface area (Å²) in [7, 11) is 0. The lowest BCUT2D eigenvalue weighted by atomic mass is 10.1. The monoisotopic (exact) mass is 298 g/mol. The molecule has 2 rings (SSSR count). The van der Waals surface area contributed by atoms with Crippen LogP contribution in [0.2, 0.25) is 0 Å². The zero-order valence-corrected chi connectivity index (χ0v) is 11.8. The molecule has 1 aromatic rings. The summed E-state index contributed by atoms with van der Waals surface area (Å²) in [6.45, 7) is 3.04. The molecule has 0 aromatic heterocycles. The number of morpholine rings is 1. The Morgan fingerprint density at radius 3 is 3.00 bits per heavy atom. The molecule has 1 unspecified atom stereocenters. The zero-order valence-electron chi connectivity index (χ0n) is 11.0. The van der Waals surface area contributed by atoms with E-state index < -0.39 is 4.92 Å². The molecule has 6 nitrogen and oxygen atoms in total.